The van der Waals surface area contributed by atoms with Gasteiger partial charge in [0.15, 0.2) is 0 Å². The highest BCUT2D eigenvalue weighted by molar-refractivity contribution is 7.91. The van der Waals surface area contributed by atoms with Crippen LogP contribution in [-0.4, -0.2) is 38.6 Å². The third-order valence-electron chi connectivity index (χ3n) is 3.02. The molecule has 1 aliphatic rings. The molecule has 2 heterocycles. The SMILES string of the molecule is Cc1cc(S(=O)(=O)NC2CCNCC2)sc1C(=O)O. The molecule has 1 fully saturated rings. The molecular formula is C11H16N2O4S2. The van der Waals surface area contributed by atoms with Crippen LogP contribution in [0.4, 0.5) is 0 Å². The fourth-order valence-corrected chi connectivity index (χ4v) is 4.71. The average Bonchev–Trinajstić information content (AvgIpc) is 2.73. The van der Waals surface area contributed by atoms with Gasteiger partial charge in [-0.1, -0.05) is 0 Å². The number of rotatable bonds is 4. The van der Waals surface area contributed by atoms with E-state index in [-0.39, 0.29) is 15.1 Å². The van der Waals surface area contributed by atoms with Gasteiger partial charge in [-0.25, -0.2) is 17.9 Å². The molecule has 1 aromatic rings. The molecular weight excluding hydrogens is 288 g/mol. The van der Waals surface area contributed by atoms with Gasteiger partial charge in [0.25, 0.3) is 0 Å². The molecule has 1 aromatic heterocycles. The maximum atomic E-state index is 12.2. The number of carbonyl (C=O) groups is 1. The van der Waals surface area contributed by atoms with Crippen LogP contribution in [0.2, 0.25) is 0 Å². The molecule has 6 nitrogen and oxygen atoms in total. The van der Waals surface area contributed by atoms with Gasteiger partial charge in [-0.2, -0.15) is 0 Å². The summed E-state index contributed by atoms with van der Waals surface area (Å²) >= 11 is 0.797. The van der Waals surface area contributed by atoms with E-state index in [0.29, 0.717) is 5.56 Å². The van der Waals surface area contributed by atoms with Crippen LogP contribution in [0.25, 0.3) is 0 Å². The van der Waals surface area contributed by atoms with Crippen molar-refractivity contribution in [2.45, 2.75) is 30.0 Å². The maximum Gasteiger partial charge on any atom is 0.346 e. The Bertz CT molecular complexity index is 574. The first kappa shape index (κ1) is 14.4. The highest BCUT2D eigenvalue weighted by Crippen LogP contribution is 2.26. The second-order valence-electron chi connectivity index (χ2n) is 4.53. The Balaban J connectivity index is 2.19. The lowest BCUT2D eigenvalue weighted by Gasteiger charge is -2.23. The van der Waals surface area contributed by atoms with Crippen LogP contribution in [0, 0.1) is 6.92 Å². The Morgan fingerprint density at radius 2 is 2.11 bits per heavy atom. The topological polar surface area (TPSA) is 95.5 Å². The van der Waals surface area contributed by atoms with Crippen molar-refractivity contribution in [1.82, 2.24) is 10.0 Å². The van der Waals surface area contributed by atoms with Crippen molar-refractivity contribution in [2.24, 2.45) is 0 Å². The first-order valence-electron chi connectivity index (χ1n) is 5.97. The second-order valence-corrected chi connectivity index (χ2v) is 7.52. The Morgan fingerprint density at radius 1 is 1.47 bits per heavy atom. The predicted molar refractivity (Wildman–Crippen MR) is 72.2 cm³/mol. The number of aryl methyl sites for hydroxylation is 1. The first-order valence-corrected chi connectivity index (χ1v) is 8.27. The van der Waals surface area contributed by atoms with Crippen molar-refractivity contribution in [1.29, 1.82) is 0 Å². The minimum atomic E-state index is -3.62. The van der Waals surface area contributed by atoms with Gasteiger partial charge in [0.1, 0.15) is 9.09 Å². The Morgan fingerprint density at radius 3 is 2.63 bits per heavy atom. The van der Waals surface area contributed by atoms with E-state index in [9.17, 15) is 13.2 Å². The monoisotopic (exact) mass is 304 g/mol. The molecule has 0 aromatic carbocycles. The number of aromatic carboxylic acids is 1. The predicted octanol–water partition coefficient (Wildman–Crippen LogP) is 0.785. The number of hydrogen-bond donors (Lipinski definition) is 3. The highest BCUT2D eigenvalue weighted by Gasteiger charge is 2.25. The van der Waals surface area contributed by atoms with E-state index in [1.165, 1.54) is 6.07 Å². The summed E-state index contributed by atoms with van der Waals surface area (Å²) in [7, 11) is -3.62. The minimum Gasteiger partial charge on any atom is -0.477 e. The summed E-state index contributed by atoms with van der Waals surface area (Å²) in [5.74, 6) is -1.09. The molecule has 19 heavy (non-hydrogen) atoms. The smallest absolute Gasteiger partial charge is 0.346 e. The van der Waals surface area contributed by atoms with E-state index in [1.807, 2.05) is 0 Å². The summed E-state index contributed by atoms with van der Waals surface area (Å²) in [6.07, 6.45) is 1.49. The van der Waals surface area contributed by atoms with Crippen molar-refractivity contribution < 1.29 is 18.3 Å². The summed E-state index contributed by atoms with van der Waals surface area (Å²) in [6.45, 7) is 3.18. The van der Waals surface area contributed by atoms with Crippen LogP contribution in [0.3, 0.4) is 0 Å². The van der Waals surface area contributed by atoms with Gasteiger partial charge in [0, 0.05) is 6.04 Å². The average molecular weight is 304 g/mol. The molecule has 0 unspecified atom stereocenters. The molecule has 0 radical (unpaired) electrons. The molecule has 1 saturated heterocycles. The van der Waals surface area contributed by atoms with E-state index >= 15 is 0 Å². The standard InChI is InChI=1S/C11H16N2O4S2/c1-7-6-9(18-10(7)11(14)15)19(16,17)13-8-2-4-12-5-3-8/h6,8,12-13H,2-5H2,1H3,(H,14,15). The van der Waals surface area contributed by atoms with Crippen molar-refractivity contribution >= 4 is 27.3 Å². The molecule has 3 N–H and O–H groups in total. The van der Waals surface area contributed by atoms with Crippen molar-refractivity contribution in [3.63, 3.8) is 0 Å². The van der Waals surface area contributed by atoms with Crippen molar-refractivity contribution in [2.75, 3.05) is 13.1 Å². The molecule has 0 spiro atoms. The van der Waals surface area contributed by atoms with Gasteiger partial charge in [0.05, 0.1) is 0 Å². The quantitative estimate of drug-likeness (QED) is 0.764. The van der Waals surface area contributed by atoms with Gasteiger partial charge < -0.3 is 10.4 Å². The molecule has 0 saturated carbocycles. The lowest BCUT2D eigenvalue weighted by Crippen LogP contribution is -2.42. The fraction of sp³-hybridized carbons (Fsp3) is 0.545. The van der Waals surface area contributed by atoms with Gasteiger partial charge in [-0.3, -0.25) is 0 Å². The van der Waals surface area contributed by atoms with Gasteiger partial charge in [-0.05, 0) is 44.5 Å². The molecule has 0 atom stereocenters. The molecule has 1 aliphatic heterocycles. The third kappa shape index (κ3) is 3.33. The Kier molecular flexibility index (Phi) is 4.24. The zero-order valence-electron chi connectivity index (χ0n) is 10.5. The van der Waals surface area contributed by atoms with Crippen LogP contribution in [0.1, 0.15) is 28.1 Å². The van der Waals surface area contributed by atoms with E-state index in [0.717, 1.165) is 37.3 Å². The van der Waals surface area contributed by atoms with Crippen molar-refractivity contribution in [3.05, 3.63) is 16.5 Å². The lowest BCUT2D eigenvalue weighted by molar-refractivity contribution is 0.0701. The van der Waals surface area contributed by atoms with E-state index in [1.54, 1.807) is 6.92 Å². The summed E-state index contributed by atoms with van der Waals surface area (Å²) in [4.78, 5) is 11.0. The van der Waals surface area contributed by atoms with Crippen LogP contribution in [-0.2, 0) is 10.0 Å². The van der Waals surface area contributed by atoms with Crippen LogP contribution in [0.15, 0.2) is 10.3 Å². The molecule has 8 heteroatoms. The second kappa shape index (κ2) is 5.58. The highest BCUT2D eigenvalue weighted by atomic mass is 32.2. The summed E-state index contributed by atoms with van der Waals surface area (Å²) in [5, 5.41) is 12.1. The minimum absolute atomic E-state index is 0.0703. The Hall–Kier alpha value is -0.960. The zero-order valence-corrected chi connectivity index (χ0v) is 12.1. The third-order valence-corrected chi connectivity index (χ3v) is 6.23. The largest absolute Gasteiger partial charge is 0.477 e. The van der Waals surface area contributed by atoms with Gasteiger partial charge >= 0.3 is 5.97 Å². The zero-order chi connectivity index (χ0) is 14.0. The first-order chi connectivity index (χ1) is 8.90. The number of carboxylic acid groups (broad SMARTS) is 1. The molecule has 0 aliphatic carbocycles. The molecule has 0 bridgehead atoms. The summed E-state index contributed by atoms with van der Waals surface area (Å²) in [6, 6.07) is 1.33. The fourth-order valence-electron chi connectivity index (χ4n) is 2.01. The number of carboxylic acids is 1. The van der Waals surface area contributed by atoms with E-state index in [2.05, 4.69) is 10.0 Å². The molecule has 0 amide bonds. The van der Waals surface area contributed by atoms with Crippen molar-refractivity contribution in [3.8, 4) is 0 Å². The molecule has 106 valence electrons. The van der Waals surface area contributed by atoms with E-state index in [4.69, 9.17) is 5.11 Å². The van der Waals surface area contributed by atoms with Crippen LogP contribution in [0.5, 0.6) is 0 Å². The lowest BCUT2D eigenvalue weighted by atomic mass is 10.1. The Labute approximate surface area is 115 Å². The van der Waals surface area contributed by atoms with Gasteiger partial charge in [0.2, 0.25) is 10.0 Å². The van der Waals surface area contributed by atoms with E-state index < -0.39 is 16.0 Å². The van der Waals surface area contributed by atoms with Gasteiger partial charge in [-0.15, -0.1) is 11.3 Å². The number of nitrogens with one attached hydrogen (secondary N) is 2. The maximum absolute atomic E-state index is 12.2. The number of hydrogen-bond acceptors (Lipinski definition) is 5. The summed E-state index contributed by atoms with van der Waals surface area (Å²) < 4.78 is 27.1. The number of sulfonamides is 1. The van der Waals surface area contributed by atoms with Crippen LogP contribution < -0.4 is 10.0 Å². The number of piperidine rings is 1. The normalized spacial score (nSPS) is 17.5. The number of thiophene rings is 1. The van der Waals surface area contributed by atoms with Crippen LogP contribution >= 0.6 is 11.3 Å². The summed E-state index contributed by atoms with van der Waals surface area (Å²) in [5.41, 5.74) is 0.475. The molecule has 2 rings (SSSR count).